The molecule has 0 radical (unpaired) electrons. The quantitative estimate of drug-likeness (QED) is 0.782. The summed E-state index contributed by atoms with van der Waals surface area (Å²) in [6.45, 7) is -0.0611. The summed E-state index contributed by atoms with van der Waals surface area (Å²) in [4.78, 5) is 12.9. The third kappa shape index (κ3) is 4.17. The van der Waals surface area contributed by atoms with Crippen LogP contribution in [0.1, 0.15) is 17.3 Å². The Labute approximate surface area is 130 Å². The minimum atomic E-state index is -0.677. The third-order valence-electron chi connectivity index (χ3n) is 2.81. The molecule has 4 nitrogen and oxygen atoms in total. The van der Waals surface area contributed by atoms with E-state index in [2.05, 4.69) is 10.6 Å². The Morgan fingerprint density at radius 3 is 2.86 bits per heavy atom. The van der Waals surface area contributed by atoms with Crippen molar-refractivity contribution in [2.45, 2.75) is 12.5 Å². The van der Waals surface area contributed by atoms with Gasteiger partial charge in [0.25, 0.3) is 0 Å². The van der Waals surface area contributed by atoms with Gasteiger partial charge in [-0.05, 0) is 30.0 Å². The number of anilines is 1. The molecule has 0 spiro atoms. The molecule has 1 atom stereocenters. The Balaban J connectivity index is 2.04. The van der Waals surface area contributed by atoms with Gasteiger partial charge in [0, 0.05) is 11.5 Å². The second-order valence-electron chi connectivity index (χ2n) is 4.28. The van der Waals surface area contributed by atoms with Crippen LogP contribution in [0.5, 0.6) is 0 Å². The smallest absolute Gasteiger partial charge is 0.319 e. The second kappa shape index (κ2) is 7.40. The number of amides is 2. The highest BCUT2D eigenvalue weighted by Crippen LogP contribution is 2.24. The van der Waals surface area contributed by atoms with Crippen LogP contribution in [0.3, 0.4) is 0 Å². The zero-order valence-corrected chi connectivity index (χ0v) is 12.5. The molecule has 1 heterocycles. The van der Waals surface area contributed by atoms with E-state index in [-0.39, 0.29) is 23.4 Å². The first-order chi connectivity index (χ1) is 10.1. The fraction of sp³-hybridized carbons (Fsp3) is 0.214. The maximum atomic E-state index is 13.7. The molecule has 7 heteroatoms. The number of hydrogen-bond acceptors (Lipinski definition) is 3. The Morgan fingerprint density at radius 2 is 2.19 bits per heavy atom. The van der Waals surface area contributed by atoms with E-state index in [0.29, 0.717) is 6.42 Å². The summed E-state index contributed by atoms with van der Waals surface area (Å²) in [6.07, 6.45) is 0.381. The lowest BCUT2D eigenvalue weighted by atomic mass is 10.2. The van der Waals surface area contributed by atoms with E-state index >= 15 is 0 Å². The summed E-state index contributed by atoms with van der Waals surface area (Å²) in [5.41, 5.74) is 0.00827. The van der Waals surface area contributed by atoms with Crippen molar-refractivity contribution in [1.29, 1.82) is 0 Å². The van der Waals surface area contributed by atoms with Gasteiger partial charge in [0.1, 0.15) is 0 Å². The molecule has 0 aliphatic heterocycles. The summed E-state index contributed by atoms with van der Waals surface area (Å²) >= 11 is 7.13. The maximum absolute atomic E-state index is 13.7. The zero-order chi connectivity index (χ0) is 15.2. The lowest BCUT2D eigenvalue weighted by molar-refractivity contribution is 0.239. The standard InChI is InChI=1S/C14H14ClFN2O2S/c15-9-3-1-4-11(13(9)16)18-14(20)17-10(6-7-19)12-5-2-8-21-12/h1-5,8,10,19H,6-7H2,(H2,17,18,20). The molecule has 1 aromatic heterocycles. The molecule has 0 saturated heterocycles. The number of aliphatic hydroxyl groups excluding tert-OH is 1. The summed E-state index contributed by atoms with van der Waals surface area (Å²) in [7, 11) is 0. The number of carbonyl (C=O) groups excluding carboxylic acids is 1. The van der Waals surface area contributed by atoms with Crippen molar-refractivity contribution in [3.05, 3.63) is 51.4 Å². The molecule has 2 rings (SSSR count). The first-order valence-corrected chi connectivity index (χ1v) is 7.53. The van der Waals surface area contributed by atoms with Gasteiger partial charge in [-0.2, -0.15) is 0 Å². The molecule has 0 fully saturated rings. The van der Waals surface area contributed by atoms with Crippen LogP contribution < -0.4 is 10.6 Å². The number of carbonyl (C=O) groups is 1. The number of urea groups is 1. The average Bonchev–Trinajstić information content (AvgIpc) is 2.97. The number of rotatable bonds is 5. The fourth-order valence-electron chi connectivity index (χ4n) is 1.82. The van der Waals surface area contributed by atoms with Crippen molar-refractivity contribution in [2.75, 3.05) is 11.9 Å². The highest BCUT2D eigenvalue weighted by molar-refractivity contribution is 7.10. The molecular weight excluding hydrogens is 315 g/mol. The van der Waals surface area contributed by atoms with Crippen molar-refractivity contribution in [2.24, 2.45) is 0 Å². The van der Waals surface area contributed by atoms with Crippen LogP contribution in [0.15, 0.2) is 35.7 Å². The first kappa shape index (κ1) is 15.8. The zero-order valence-electron chi connectivity index (χ0n) is 11.0. The van der Waals surface area contributed by atoms with E-state index in [1.165, 1.54) is 23.5 Å². The van der Waals surface area contributed by atoms with Gasteiger partial charge in [-0.3, -0.25) is 0 Å². The largest absolute Gasteiger partial charge is 0.396 e. The molecule has 3 N–H and O–H groups in total. The Bertz CT molecular complexity index is 607. The number of nitrogens with one attached hydrogen (secondary N) is 2. The lowest BCUT2D eigenvalue weighted by Gasteiger charge is -2.17. The van der Waals surface area contributed by atoms with Crippen molar-refractivity contribution < 1.29 is 14.3 Å². The van der Waals surface area contributed by atoms with Crippen LogP contribution in [0, 0.1) is 5.82 Å². The van der Waals surface area contributed by atoms with Crippen LogP contribution in [-0.2, 0) is 0 Å². The molecular formula is C14H14ClFN2O2S. The molecule has 0 aliphatic rings. The van der Waals surface area contributed by atoms with Crippen molar-refractivity contribution in [1.82, 2.24) is 5.32 Å². The van der Waals surface area contributed by atoms with Gasteiger partial charge in [-0.15, -0.1) is 11.3 Å². The van der Waals surface area contributed by atoms with Crippen molar-refractivity contribution in [3.63, 3.8) is 0 Å². The van der Waals surface area contributed by atoms with Crippen LogP contribution in [-0.4, -0.2) is 17.7 Å². The summed E-state index contributed by atoms with van der Waals surface area (Å²) in [6, 6.07) is 7.23. The fourth-order valence-corrected chi connectivity index (χ4v) is 2.81. The predicted octanol–water partition coefficient (Wildman–Crippen LogP) is 3.79. The Hall–Kier alpha value is -1.63. The van der Waals surface area contributed by atoms with Crippen molar-refractivity contribution >= 4 is 34.7 Å². The van der Waals surface area contributed by atoms with E-state index in [9.17, 15) is 9.18 Å². The van der Waals surface area contributed by atoms with Crippen molar-refractivity contribution in [3.8, 4) is 0 Å². The third-order valence-corrected chi connectivity index (χ3v) is 4.09. The number of halogens is 2. The van der Waals surface area contributed by atoms with E-state index < -0.39 is 11.8 Å². The van der Waals surface area contributed by atoms with Gasteiger partial charge in [-0.1, -0.05) is 23.7 Å². The highest BCUT2D eigenvalue weighted by atomic mass is 35.5. The van der Waals surface area contributed by atoms with Crippen LogP contribution in [0.4, 0.5) is 14.9 Å². The predicted molar refractivity (Wildman–Crippen MR) is 82.3 cm³/mol. The SMILES string of the molecule is O=C(Nc1cccc(Cl)c1F)NC(CCO)c1cccs1. The number of thiophene rings is 1. The lowest BCUT2D eigenvalue weighted by Crippen LogP contribution is -2.33. The van der Waals surface area contributed by atoms with Gasteiger partial charge < -0.3 is 15.7 Å². The topological polar surface area (TPSA) is 61.4 Å². The molecule has 2 amide bonds. The molecule has 0 bridgehead atoms. The normalized spacial score (nSPS) is 12.0. The molecule has 21 heavy (non-hydrogen) atoms. The van der Waals surface area contributed by atoms with E-state index in [1.807, 2.05) is 17.5 Å². The minimum absolute atomic E-state index is 0.00827. The Morgan fingerprint density at radius 1 is 1.38 bits per heavy atom. The summed E-state index contributed by atoms with van der Waals surface area (Å²) in [5.74, 6) is -0.677. The van der Waals surface area contributed by atoms with Gasteiger partial charge in [0.15, 0.2) is 5.82 Å². The summed E-state index contributed by atoms with van der Waals surface area (Å²) < 4.78 is 13.7. The second-order valence-corrected chi connectivity index (χ2v) is 5.67. The van der Waals surface area contributed by atoms with Gasteiger partial charge in [0.05, 0.1) is 16.8 Å². The monoisotopic (exact) mass is 328 g/mol. The number of aliphatic hydroxyl groups is 1. The van der Waals surface area contributed by atoms with Gasteiger partial charge >= 0.3 is 6.03 Å². The maximum Gasteiger partial charge on any atom is 0.319 e. The molecule has 1 unspecified atom stereocenters. The highest BCUT2D eigenvalue weighted by Gasteiger charge is 2.16. The molecule has 2 aromatic rings. The first-order valence-electron chi connectivity index (χ1n) is 6.27. The van der Waals surface area contributed by atoms with E-state index in [0.717, 1.165) is 4.88 Å². The van der Waals surface area contributed by atoms with Crippen LogP contribution >= 0.6 is 22.9 Å². The van der Waals surface area contributed by atoms with E-state index in [1.54, 1.807) is 6.07 Å². The van der Waals surface area contributed by atoms with Gasteiger partial charge in [0.2, 0.25) is 0 Å². The molecule has 112 valence electrons. The minimum Gasteiger partial charge on any atom is -0.396 e. The molecule has 0 saturated carbocycles. The van der Waals surface area contributed by atoms with E-state index in [4.69, 9.17) is 16.7 Å². The molecule has 0 aliphatic carbocycles. The average molecular weight is 329 g/mol. The number of hydrogen-bond donors (Lipinski definition) is 3. The summed E-state index contributed by atoms with van der Waals surface area (Å²) in [5, 5.41) is 16.0. The van der Waals surface area contributed by atoms with Crippen LogP contribution in [0.25, 0.3) is 0 Å². The van der Waals surface area contributed by atoms with Gasteiger partial charge in [-0.25, -0.2) is 9.18 Å². The Kier molecular flexibility index (Phi) is 5.55. The molecule has 1 aromatic carbocycles. The van der Waals surface area contributed by atoms with Crippen LogP contribution in [0.2, 0.25) is 5.02 Å². The number of benzene rings is 1.